The van der Waals surface area contributed by atoms with Crippen molar-refractivity contribution < 1.29 is 39.1 Å². The average molecular weight is 120 g/mol. The molecular formula is C5H5NaO2. The number of ether oxygens (including phenoxy) is 1. The van der Waals surface area contributed by atoms with Crippen molar-refractivity contribution >= 4 is 5.97 Å². The number of carbonyl (C=O) groups excluding carboxylic acids is 1. The Morgan fingerprint density at radius 2 is 2.38 bits per heavy atom. The van der Waals surface area contributed by atoms with Gasteiger partial charge in [0, 0.05) is 0 Å². The zero-order valence-electron chi connectivity index (χ0n) is 5.02. The van der Waals surface area contributed by atoms with E-state index in [0.717, 1.165) is 0 Å². The van der Waals surface area contributed by atoms with Crippen LogP contribution in [0.2, 0.25) is 0 Å². The Morgan fingerprint density at radius 1 is 1.88 bits per heavy atom. The molecular weight excluding hydrogens is 115 g/mol. The molecule has 0 fully saturated rings. The number of esters is 1. The van der Waals surface area contributed by atoms with Crippen LogP contribution >= 0.6 is 0 Å². The van der Waals surface area contributed by atoms with E-state index in [-0.39, 0.29) is 29.6 Å². The maximum atomic E-state index is 9.89. The molecule has 0 rings (SSSR count). The largest absolute Gasteiger partial charge is 1.00 e. The molecule has 0 aromatic heterocycles. The van der Waals surface area contributed by atoms with E-state index in [4.69, 9.17) is 6.42 Å². The van der Waals surface area contributed by atoms with Gasteiger partial charge in [-0.2, -0.15) is 0 Å². The molecule has 8 heavy (non-hydrogen) atoms. The molecule has 0 atom stereocenters. The maximum absolute atomic E-state index is 9.89. The fraction of sp³-hybridized carbons (Fsp3) is 0.400. The van der Waals surface area contributed by atoms with Crippen LogP contribution in [0.3, 0.4) is 0 Å². The van der Waals surface area contributed by atoms with Crippen LogP contribution in [-0.4, -0.2) is 12.6 Å². The van der Waals surface area contributed by atoms with Gasteiger partial charge in [0.05, 0.1) is 6.61 Å². The third-order valence-electron chi connectivity index (χ3n) is 0.377. The second kappa shape index (κ2) is 7.03. The van der Waals surface area contributed by atoms with Crippen LogP contribution in [0.1, 0.15) is 6.92 Å². The second-order valence-electron chi connectivity index (χ2n) is 0.845. The van der Waals surface area contributed by atoms with E-state index in [9.17, 15) is 4.79 Å². The molecule has 0 heterocycles. The van der Waals surface area contributed by atoms with Crippen molar-refractivity contribution in [2.75, 3.05) is 6.61 Å². The van der Waals surface area contributed by atoms with Crippen LogP contribution in [0, 0.1) is 12.3 Å². The molecule has 0 saturated heterocycles. The van der Waals surface area contributed by atoms with E-state index in [0.29, 0.717) is 6.61 Å². The van der Waals surface area contributed by atoms with Crippen LogP contribution < -0.4 is 29.6 Å². The number of carbonyl (C=O) groups is 1. The Morgan fingerprint density at radius 3 is 2.50 bits per heavy atom. The summed E-state index contributed by atoms with van der Waals surface area (Å²) in [4.78, 5) is 9.89. The normalized spacial score (nSPS) is 6.00. The van der Waals surface area contributed by atoms with E-state index < -0.39 is 5.97 Å². The quantitative estimate of drug-likeness (QED) is 0.161. The van der Waals surface area contributed by atoms with Gasteiger partial charge < -0.3 is 16.0 Å². The summed E-state index contributed by atoms with van der Waals surface area (Å²) >= 11 is 0. The zero-order chi connectivity index (χ0) is 5.70. The molecule has 0 aliphatic carbocycles. The van der Waals surface area contributed by atoms with Gasteiger partial charge in [-0.05, 0) is 6.92 Å². The molecule has 3 heteroatoms. The molecule has 0 amide bonds. The van der Waals surface area contributed by atoms with Gasteiger partial charge in [0.2, 0.25) is 5.97 Å². The van der Waals surface area contributed by atoms with Gasteiger partial charge in [-0.25, -0.2) is 5.92 Å². The van der Waals surface area contributed by atoms with Crippen molar-refractivity contribution in [2.45, 2.75) is 6.92 Å². The van der Waals surface area contributed by atoms with Gasteiger partial charge in [-0.1, -0.05) is 0 Å². The molecule has 0 aromatic carbocycles. The predicted octanol–water partition coefficient (Wildman–Crippen LogP) is -2.86. The van der Waals surface area contributed by atoms with E-state index >= 15 is 0 Å². The number of hydrogen-bond donors (Lipinski definition) is 0. The monoisotopic (exact) mass is 120 g/mol. The fourth-order valence-electron chi connectivity index (χ4n) is 0.167. The minimum Gasteiger partial charge on any atom is -0.542 e. The molecule has 2 nitrogen and oxygen atoms in total. The van der Waals surface area contributed by atoms with Gasteiger partial charge in [-0.3, -0.25) is 0 Å². The first-order chi connectivity index (χ1) is 3.31. The Balaban J connectivity index is 0. The number of rotatable bonds is 1. The van der Waals surface area contributed by atoms with Crippen molar-refractivity contribution in [1.82, 2.24) is 0 Å². The predicted molar refractivity (Wildman–Crippen MR) is 23.8 cm³/mol. The molecule has 0 saturated carbocycles. The summed E-state index contributed by atoms with van der Waals surface area (Å²) in [5.74, 6) is 0.849. The summed E-state index contributed by atoms with van der Waals surface area (Å²) in [6.07, 6.45) is 6.19. The topological polar surface area (TPSA) is 26.3 Å². The molecule has 0 aliphatic heterocycles. The second-order valence-corrected chi connectivity index (χ2v) is 0.845. The summed E-state index contributed by atoms with van der Waals surface area (Å²) in [7, 11) is 0. The molecule has 38 valence electrons. The van der Waals surface area contributed by atoms with Crippen LogP contribution in [0.5, 0.6) is 0 Å². The first-order valence-corrected chi connectivity index (χ1v) is 1.90. The van der Waals surface area contributed by atoms with Crippen molar-refractivity contribution in [3.63, 3.8) is 0 Å². The zero-order valence-corrected chi connectivity index (χ0v) is 7.02. The number of hydrogen-bond acceptors (Lipinski definition) is 2. The van der Waals surface area contributed by atoms with Crippen molar-refractivity contribution in [1.29, 1.82) is 0 Å². The molecule has 0 radical (unpaired) electrons. The van der Waals surface area contributed by atoms with Crippen molar-refractivity contribution in [3.8, 4) is 5.92 Å². The average Bonchev–Trinajstić information content (AvgIpc) is 1.68. The SMILES string of the molecule is [C-]#CC(=O)OCC.[Na+]. The smallest absolute Gasteiger partial charge is 0.542 e. The van der Waals surface area contributed by atoms with E-state index in [1.807, 2.05) is 0 Å². The Labute approximate surface area is 70.9 Å². The van der Waals surface area contributed by atoms with E-state index in [1.165, 1.54) is 0 Å². The Hall–Kier alpha value is 0.0300. The van der Waals surface area contributed by atoms with Crippen LogP contribution in [0.15, 0.2) is 0 Å². The van der Waals surface area contributed by atoms with Gasteiger partial charge >= 0.3 is 29.6 Å². The standard InChI is InChI=1S/C5H5O2.Na/c1-3-5(6)7-4-2;/h4H2,2H3;/q-1;+1. The van der Waals surface area contributed by atoms with Crippen LogP contribution in [0.4, 0.5) is 0 Å². The van der Waals surface area contributed by atoms with Gasteiger partial charge in [-0.15, -0.1) is 0 Å². The van der Waals surface area contributed by atoms with Crippen molar-refractivity contribution in [2.24, 2.45) is 0 Å². The first kappa shape index (κ1) is 10.9. The summed E-state index contributed by atoms with van der Waals surface area (Å²) < 4.78 is 4.25. The molecule has 0 aliphatic rings. The van der Waals surface area contributed by atoms with Crippen LogP contribution in [-0.2, 0) is 9.53 Å². The van der Waals surface area contributed by atoms with Crippen molar-refractivity contribution in [3.05, 3.63) is 6.42 Å². The summed E-state index contributed by atoms with van der Waals surface area (Å²) in [6, 6.07) is 0. The van der Waals surface area contributed by atoms with Gasteiger partial charge in [0.15, 0.2) is 0 Å². The third-order valence-corrected chi connectivity index (χ3v) is 0.377. The maximum Gasteiger partial charge on any atom is 1.00 e. The Bertz CT molecular complexity index is 103. The summed E-state index contributed by atoms with van der Waals surface area (Å²) in [6.45, 7) is 1.99. The molecule has 0 N–H and O–H groups in total. The van der Waals surface area contributed by atoms with E-state index in [2.05, 4.69) is 4.74 Å². The minimum atomic E-state index is -0.706. The molecule has 0 bridgehead atoms. The molecule has 0 aromatic rings. The third kappa shape index (κ3) is 6.03. The Kier molecular flexibility index (Phi) is 9.59. The first-order valence-electron chi connectivity index (χ1n) is 1.90. The van der Waals surface area contributed by atoms with Gasteiger partial charge in [0.1, 0.15) is 0 Å². The van der Waals surface area contributed by atoms with E-state index in [1.54, 1.807) is 12.8 Å². The fourth-order valence-corrected chi connectivity index (χ4v) is 0.167. The summed E-state index contributed by atoms with van der Waals surface area (Å²) in [5, 5.41) is 0. The van der Waals surface area contributed by atoms with Crippen LogP contribution in [0.25, 0.3) is 0 Å². The molecule has 0 unspecified atom stereocenters. The molecule has 0 spiro atoms. The summed E-state index contributed by atoms with van der Waals surface area (Å²) in [5.41, 5.74) is 0. The minimum absolute atomic E-state index is 0. The van der Waals surface area contributed by atoms with Gasteiger partial charge in [0.25, 0.3) is 0 Å².